The first kappa shape index (κ1) is 17.5. The first-order chi connectivity index (χ1) is 13.2. The van der Waals surface area contributed by atoms with Crippen LogP contribution in [0.3, 0.4) is 0 Å². The van der Waals surface area contributed by atoms with Gasteiger partial charge < -0.3 is 24.6 Å². The number of carbonyl (C=O) groups is 1. The van der Waals surface area contributed by atoms with Gasteiger partial charge in [0.05, 0.1) is 0 Å². The largest absolute Gasteiger partial charge is 0.486 e. The van der Waals surface area contributed by atoms with Crippen molar-refractivity contribution in [2.75, 3.05) is 44.3 Å². The van der Waals surface area contributed by atoms with Crippen molar-refractivity contribution < 1.29 is 18.7 Å². The van der Waals surface area contributed by atoms with E-state index in [1.165, 1.54) is 6.07 Å². The lowest BCUT2D eigenvalue weighted by atomic mass is 10.2. The van der Waals surface area contributed by atoms with Gasteiger partial charge in [-0.2, -0.15) is 0 Å². The predicted octanol–water partition coefficient (Wildman–Crippen LogP) is 2.63. The monoisotopic (exact) mass is 371 g/mol. The number of benzene rings is 2. The molecule has 0 aliphatic carbocycles. The molecule has 142 valence electrons. The zero-order valence-corrected chi connectivity index (χ0v) is 15.0. The number of urea groups is 1. The summed E-state index contributed by atoms with van der Waals surface area (Å²) in [7, 11) is 0. The van der Waals surface area contributed by atoms with Crippen molar-refractivity contribution in [1.29, 1.82) is 0 Å². The van der Waals surface area contributed by atoms with Gasteiger partial charge in [0.2, 0.25) is 0 Å². The Hall–Kier alpha value is -2.96. The minimum absolute atomic E-state index is 0.167. The number of ether oxygens (including phenoxy) is 2. The second-order valence-electron chi connectivity index (χ2n) is 6.55. The van der Waals surface area contributed by atoms with Crippen molar-refractivity contribution in [2.45, 2.75) is 6.54 Å². The molecule has 0 bridgehead atoms. The average Bonchev–Trinajstić information content (AvgIpc) is 2.73. The van der Waals surface area contributed by atoms with Crippen LogP contribution < -0.4 is 19.7 Å². The molecule has 0 unspecified atom stereocenters. The number of halogens is 1. The van der Waals surface area contributed by atoms with Crippen LogP contribution in [0, 0.1) is 5.82 Å². The molecule has 2 amide bonds. The van der Waals surface area contributed by atoms with Crippen LogP contribution in [0.4, 0.5) is 14.9 Å². The molecule has 0 aromatic heterocycles. The fourth-order valence-corrected chi connectivity index (χ4v) is 3.32. The summed E-state index contributed by atoms with van der Waals surface area (Å²) in [6.45, 7) is 4.00. The number of nitrogens with one attached hydrogen (secondary N) is 1. The maximum absolute atomic E-state index is 13.7. The van der Waals surface area contributed by atoms with Crippen molar-refractivity contribution in [1.82, 2.24) is 10.2 Å². The van der Waals surface area contributed by atoms with Crippen LogP contribution in [0.1, 0.15) is 5.56 Å². The molecule has 2 aromatic carbocycles. The maximum atomic E-state index is 13.7. The van der Waals surface area contributed by atoms with E-state index >= 15 is 0 Å². The van der Waals surface area contributed by atoms with E-state index < -0.39 is 0 Å². The Morgan fingerprint density at radius 3 is 2.52 bits per heavy atom. The molecule has 27 heavy (non-hydrogen) atoms. The Balaban J connectivity index is 1.31. The molecule has 1 N–H and O–H groups in total. The highest BCUT2D eigenvalue weighted by Gasteiger charge is 2.22. The third-order valence-corrected chi connectivity index (χ3v) is 4.85. The Morgan fingerprint density at radius 1 is 1.00 bits per heavy atom. The molecule has 2 aliphatic heterocycles. The molecule has 2 heterocycles. The number of nitrogens with zero attached hydrogens (tertiary/aromatic N) is 2. The van der Waals surface area contributed by atoms with Crippen LogP contribution in [0.2, 0.25) is 0 Å². The van der Waals surface area contributed by atoms with Gasteiger partial charge in [-0.25, -0.2) is 9.18 Å². The van der Waals surface area contributed by atoms with Gasteiger partial charge in [0.1, 0.15) is 19.0 Å². The lowest BCUT2D eigenvalue weighted by molar-refractivity contribution is 0.171. The van der Waals surface area contributed by atoms with Crippen LogP contribution >= 0.6 is 0 Å². The van der Waals surface area contributed by atoms with Crippen LogP contribution in [0.15, 0.2) is 42.5 Å². The van der Waals surface area contributed by atoms with Crippen molar-refractivity contribution in [3.63, 3.8) is 0 Å². The average molecular weight is 371 g/mol. The van der Waals surface area contributed by atoms with Crippen molar-refractivity contribution in [3.05, 3.63) is 53.8 Å². The number of hydrogen-bond acceptors (Lipinski definition) is 4. The molecule has 4 rings (SSSR count). The molecular formula is C20H22FN3O3. The smallest absolute Gasteiger partial charge is 0.317 e. The lowest BCUT2D eigenvalue weighted by Gasteiger charge is -2.36. The normalized spacial score (nSPS) is 16.2. The molecule has 0 spiro atoms. The second kappa shape index (κ2) is 7.73. The molecular weight excluding hydrogens is 349 g/mol. The highest BCUT2D eigenvalue weighted by Crippen LogP contribution is 2.34. The van der Waals surface area contributed by atoms with Crippen molar-refractivity contribution in [3.8, 4) is 11.5 Å². The van der Waals surface area contributed by atoms with E-state index in [0.717, 1.165) is 30.3 Å². The number of anilines is 1. The van der Waals surface area contributed by atoms with Gasteiger partial charge in [-0.3, -0.25) is 0 Å². The van der Waals surface area contributed by atoms with Gasteiger partial charge >= 0.3 is 6.03 Å². The summed E-state index contributed by atoms with van der Waals surface area (Å²) in [5.41, 5.74) is 1.55. The minimum atomic E-state index is -0.304. The molecule has 6 nitrogen and oxygen atoms in total. The Kier molecular flexibility index (Phi) is 5.00. The van der Waals surface area contributed by atoms with Crippen molar-refractivity contribution in [2.24, 2.45) is 0 Å². The summed E-state index contributed by atoms with van der Waals surface area (Å²) < 4.78 is 24.8. The second-order valence-corrected chi connectivity index (χ2v) is 6.55. The van der Waals surface area contributed by atoms with E-state index in [-0.39, 0.29) is 18.4 Å². The zero-order valence-electron chi connectivity index (χ0n) is 15.0. The highest BCUT2D eigenvalue weighted by atomic mass is 19.1. The lowest BCUT2D eigenvalue weighted by Crippen LogP contribution is -2.51. The summed E-state index contributed by atoms with van der Waals surface area (Å²) in [6.07, 6.45) is 0. The first-order valence-corrected chi connectivity index (χ1v) is 9.11. The standard InChI is InChI=1S/C20H22FN3O3/c21-17-4-2-1-3-15(17)14-22-20(25)24-9-7-23(8-10-24)16-5-6-18-19(13-16)27-12-11-26-18/h1-6,13H,7-12,14H2,(H,22,25). The van der Waals surface area contributed by atoms with Crippen LogP contribution in [0.25, 0.3) is 0 Å². The molecule has 2 aromatic rings. The summed E-state index contributed by atoms with van der Waals surface area (Å²) in [5, 5.41) is 2.80. The van der Waals surface area contributed by atoms with E-state index in [2.05, 4.69) is 10.2 Å². The number of piperazine rings is 1. The third kappa shape index (κ3) is 3.92. The predicted molar refractivity (Wildman–Crippen MR) is 99.9 cm³/mol. The van der Waals surface area contributed by atoms with E-state index in [0.29, 0.717) is 31.9 Å². The molecule has 0 saturated carbocycles. The van der Waals surface area contributed by atoms with Crippen LogP contribution in [0.5, 0.6) is 11.5 Å². The zero-order chi connectivity index (χ0) is 18.6. The van der Waals surface area contributed by atoms with Gasteiger partial charge in [-0.15, -0.1) is 0 Å². The maximum Gasteiger partial charge on any atom is 0.317 e. The van der Waals surface area contributed by atoms with Crippen LogP contribution in [-0.2, 0) is 6.54 Å². The molecule has 0 atom stereocenters. The summed E-state index contributed by atoms with van der Waals surface area (Å²) in [4.78, 5) is 16.3. The molecule has 1 fully saturated rings. The number of carbonyl (C=O) groups excluding carboxylic acids is 1. The van der Waals surface area contributed by atoms with Gasteiger partial charge in [-0.05, 0) is 18.2 Å². The first-order valence-electron chi connectivity index (χ1n) is 9.11. The SMILES string of the molecule is O=C(NCc1ccccc1F)N1CCN(c2ccc3c(c2)OCCO3)CC1. The third-order valence-electron chi connectivity index (χ3n) is 4.85. The Morgan fingerprint density at radius 2 is 1.74 bits per heavy atom. The quantitative estimate of drug-likeness (QED) is 0.901. The summed E-state index contributed by atoms with van der Waals surface area (Å²) in [5.74, 6) is 1.24. The fourth-order valence-electron chi connectivity index (χ4n) is 3.32. The van der Waals surface area contributed by atoms with Gasteiger partial charge in [0, 0.05) is 50.0 Å². The van der Waals surface area contributed by atoms with Crippen molar-refractivity contribution >= 4 is 11.7 Å². The van der Waals surface area contributed by atoms with E-state index in [1.807, 2.05) is 18.2 Å². The van der Waals surface area contributed by atoms with E-state index in [9.17, 15) is 9.18 Å². The summed E-state index contributed by atoms with van der Waals surface area (Å²) >= 11 is 0. The Bertz CT molecular complexity index is 822. The van der Waals surface area contributed by atoms with Crippen LogP contribution in [-0.4, -0.2) is 50.3 Å². The Labute approximate surface area is 157 Å². The number of rotatable bonds is 3. The molecule has 1 saturated heterocycles. The minimum Gasteiger partial charge on any atom is -0.486 e. The van der Waals surface area contributed by atoms with E-state index in [1.54, 1.807) is 23.1 Å². The van der Waals surface area contributed by atoms with Gasteiger partial charge in [-0.1, -0.05) is 18.2 Å². The van der Waals surface area contributed by atoms with Gasteiger partial charge in [0.25, 0.3) is 0 Å². The number of hydrogen-bond donors (Lipinski definition) is 1. The molecule has 7 heteroatoms. The number of fused-ring (bicyclic) bond motifs is 1. The van der Waals surface area contributed by atoms with Gasteiger partial charge in [0.15, 0.2) is 11.5 Å². The topological polar surface area (TPSA) is 54.0 Å². The molecule has 0 radical (unpaired) electrons. The fraction of sp³-hybridized carbons (Fsp3) is 0.350. The molecule has 2 aliphatic rings. The number of amides is 2. The van der Waals surface area contributed by atoms with E-state index in [4.69, 9.17) is 9.47 Å². The summed E-state index contributed by atoms with van der Waals surface area (Å²) in [6, 6.07) is 12.2. The highest BCUT2D eigenvalue weighted by molar-refractivity contribution is 5.74.